The smallest absolute Gasteiger partial charge is 0.293 e. The lowest BCUT2D eigenvalue weighted by Crippen LogP contribution is -3.13. The summed E-state index contributed by atoms with van der Waals surface area (Å²) in [6, 6.07) is 11.4. The third kappa shape index (κ3) is 3.88. The molecule has 1 fully saturated rings. The number of Topliss-reactive ketones (excluding diaryl/α,β-unsaturated/α-hetero) is 1. The molecule has 3 rings (SSSR count). The van der Waals surface area contributed by atoms with Gasteiger partial charge in [-0.05, 0) is 25.1 Å². The Hall–Kier alpha value is -2.80. The lowest BCUT2D eigenvalue weighted by atomic mass is 10.1. The fraction of sp³-hybridized carbons (Fsp3) is 0.316. The summed E-state index contributed by atoms with van der Waals surface area (Å²) in [7, 11) is 0. The summed E-state index contributed by atoms with van der Waals surface area (Å²) in [6.45, 7) is 4.81. The Labute approximate surface area is 151 Å². The van der Waals surface area contributed by atoms with Crippen LogP contribution in [0.3, 0.4) is 0 Å². The first-order chi connectivity index (χ1) is 12.5. The van der Waals surface area contributed by atoms with Crippen LogP contribution < -0.4 is 9.80 Å². The molecule has 0 bridgehead atoms. The van der Waals surface area contributed by atoms with Gasteiger partial charge < -0.3 is 9.80 Å². The Kier molecular flexibility index (Phi) is 5.27. The van der Waals surface area contributed by atoms with Crippen molar-refractivity contribution in [3.63, 3.8) is 0 Å². The third-order valence-corrected chi connectivity index (χ3v) is 4.79. The van der Waals surface area contributed by atoms with Crippen molar-refractivity contribution in [1.29, 1.82) is 0 Å². The molecule has 1 N–H and O–H groups in total. The van der Waals surface area contributed by atoms with Crippen LogP contribution in [0.25, 0.3) is 0 Å². The maximum Gasteiger partial charge on any atom is 0.293 e. The highest BCUT2D eigenvalue weighted by Crippen LogP contribution is 2.29. The molecule has 7 heteroatoms. The van der Waals surface area contributed by atoms with Gasteiger partial charge in [0.05, 0.1) is 31.1 Å². The molecule has 0 atom stereocenters. The second-order valence-corrected chi connectivity index (χ2v) is 6.52. The highest BCUT2D eigenvalue weighted by atomic mass is 19.1. The van der Waals surface area contributed by atoms with Gasteiger partial charge in [-0.25, -0.2) is 4.39 Å². The average molecular weight is 358 g/mol. The number of quaternary nitrogens is 1. The molecule has 0 aliphatic carbocycles. The van der Waals surface area contributed by atoms with Crippen LogP contribution in [0.2, 0.25) is 0 Å². The summed E-state index contributed by atoms with van der Waals surface area (Å²) in [5, 5.41) is 11.4. The van der Waals surface area contributed by atoms with E-state index in [2.05, 4.69) is 0 Å². The number of benzene rings is 2. The molecule has 0 saturated carbocycles. The van der Waals surface area contributed by atoms with E-state index < -0.39 is 4.92 Å². The van der Waals surface area contributed by atoms with E-state index in [-0.39, 0.29) is 17.3 Å². The van der Waals surface area contributed by atoms with Crippen LogP contribution in [0.15, 0.2) is 42.5 Å². The number of piperazine rings is 1. The minimum atomic E-state index is -0.444. The zero-order chi connectivity index (χ0) is 18.7. The van der Waals surface area contributed by atoms with Crippen LogP contribution in [-0.2, 0) is 6.54 Å². The maximum atomic E-state index is 13.8. The molecule has 6 nitrogen and oxygen atoms in total. The SMILES string of the molecule is CC(=O)c1ccc(N2CC[NH+](Cc3ccccc3F)CC2)c([N+](=O)[O-])c1. The molecule has 1 aliphatic heterocycles. The number of hydrogen-bond acceptors (Lipinski definition) is 4. The van der Waals surface area contributed by atoms with E-state index >= 15 is 0 Å². The molecular formula is C19H21FN3O3+. The Balaban J connectivity index is 1.71. The minimum absolute atomic E-state index is 0.0461. The number of rotatable bonds is 5. The fourth-order valence-electron chi connectivity index (χ4n) is 3.31. The van der Waals surface area contributed by atoms with Crippen molar-refractivity contribution in [1.82, 2.24) is 0 Å². The molecule has 0 unspecified atom stereocenters. The number of carbonyl (C=O) groups excluding carboxylic acids is 1. The summed E-state index contributed by atoms with van der Waals surface area (Å²) in [5.74, 6) is -0.392. The Morgan fingerprint density at radius 2 is 1.92 bits per heavy atom. The van der Waals surface area contributed by atoms with Crippen LogP contribution in [0.1, 0.15) is 22.8 Å². The molecule has 0 aromatic heterocycles. The average Bonchev–Trinajstić information content (AvgIpc) is 2.63. The maximum absolute atomic E-state index is 13.8. The van der Waals surface area contributed by atoms with E-state index in [9.17, 15) is 19.3 Å². The number of halogens is 1. The zero-order valence-corrected chi connectivity index (χ0v) is 14.6. The molecule has 1 aliphatic rings. The fourth-order valence-corrected chi connectivity index (χ4v) is 3.31. The number of nitrogens with one attached hydrogen (secondary N) is 1. The van der Waals surface area contributed by atoms with E-state index in [1.54, 1.807) is 24.3 Å². The molecular weight excluding hydrogens is 337 g/mol. The number of anilines is 1. The molecule has 0 spiro atoms. The Morgan fingerprint density at radius 1 is 1.23 bits per heavy atom. The molecule has 0 amide bonds. The number of nitro benzene ring substituents is 1. The van der Waals surface area contributed by atoms with E-state index in [1.165, 1.54) is 24.0 Å². The molecule has 1 saturated heterocycles. The molecule has 136 valence electrons. The van der Waals surface area contributed by atoms with Crippen molar-refractivity contribution in [2.45, 2.75) is 13.5 Å². The first kappa shape index (κ1) is 18.0. The molecule has 1 heterocycles. The van der Waals surface area contributed by atoms with Gasteiger partial charge in [0.15, 0.2) is 5.78 Å². The van der Waals surface area contributed by atoms with Gasteiger partial charge in [0.1, 0.15) is 18.0 Å². The van der Waals surface area contributed by atoms with Crippen molar-refractivity contribution in [2.24, 2.45) is 0 Å². The van der Waals surface area contributed by atoms with Gasteiger partial charge in [0.25, 0.3) is 5.69 Å². The van der Waals surface area contributed by atoms with Gasteiger partial charge in [-0.15, -0.1) is 0 Å². The van der Waals surface area contributed by atoms with E-state index in [4.69, 9.17) is 0 Å². The minimum Gasteiger partial charge on any atom is -0.355 e. The first-order valence-corrected chi connectivity index (χ1v) is 8.57. The zero-order valence-electron chi connectivity index (χ0n) is 14.6. The van der Waals surface area contributed by atoms with Crippen LogP contribution in [-0.4, -0.2) is 36.9 Å². The van der Waals surface area contributed by atoms with Crippen LogP contribution in [0, 0.1) is 15.9 Å². The van der Waals surface area contributed by atoms with Crippen LogP contribution in [0.5, 0.6) is 0 Å². The Morgan fingerprint density at radius 3 is 2.54 bits per heavy atom. The summed E-state index contributed by atoms with van der Waals surface area (Å²) in [5.41, 5.74) is 1.51. The first-order valence-electron chi connectivity index (χ1n) is 8.57. The second-order valence-electron chi connectivity index (χ2n) is 6.52. The van der Waals surface area contributed by atoms with Gasteiger partial charge in [-0.1, -0.05) is 18.2 Å². The number of hydrogen-bond donors (Lipinski definition) is 1. The standard InChI is InChI=1S/C19H20FN3O3/c1-14(24)15-6-7-18(19(12-15)23(25)26)22-10-8-21(9-11-22)13-16-4-2-3-5-17(16)20/h2-7,12H,8-11,13H2,1H3/p+1. The number of carbonyl (C=O) groups is 1. The van der Waals surface area contributed by atoms with Gasteiger partial charge in [0, 0.05) is 17.2 Å². The van der Waals surface area contributed by atoms with Crippen molar-refractivity contribution < 1.29 is 19.0 Å². The number of ketones is 1. The highest BCUT2D eigenvalue weighted by Gasteiger charge is 2.26. The molecule has 26 heavy (non-hydrogen) atoms. The van der Waals surface area contributed by atoms with E-state index in [1.807, 2.05) is 11.0 Å². The summed E-state index contributed by atoms with van der Waals surface area (Å²) >= 11 is 0. The number of nitrogens with zero attached hydrogens (tertiary/aromatic N) is 2. The van der Waals surface area contributed by atoms with E-state index in [0.29, 0.717) is 36.4 Å². The second kappa shape index (κ2) is 7.61. The monoisotopic (exact) mass is 358 g/mol. The van der Waals surface area contributed by atoms with E-state index in [0.717, 1.165) is 13.1 Å². The van der Waals surface area contributed by atoms with Gasteiger partial charge in [-0.2, -0.15) is 0 Å². The Bertz CT molecular complexity index is 833. The van der Waals surface area contributed by atoms with Crippen molar-refractivity contribution >= 4 is 17.2 Å². The largest absolute Gasteiger partial charge is 0.355 e. The lowest BCUT2D eigenvalue weighted by molar-refractivity contribution is -0.914. The summed E-state index contributed by atoms with van der Waals surface area (Å²) in [6.07, 6.45) is 0. The van der Waals surface area contributed by atoms with Crippen LogP contribution in [0.4, 0.5) is 15.8 Å². The van der Waals surface area contributed by atoms with Crippen molar-refractivity contribution in [2.75, 3.05) is 31.1 Å². The predicted octanol–water partition coefficient (Wildman–Crippen LogP) is 1.84. The molecule has 2 aromatic rings. The molecule has 2 aromatic carbocycles. The molecule has 0 radical (unpaired) electrons. The predicted molar refractivity (Wildman–Crippen MR) is 96.1 cm³/mol. The van der Waals surface area contributed by atoms with Gasteiger partial charge >= 0.3 is 0 Å². The topological polar surface area (TPSA) is 67.9 Å². The number of nitro groups is 1. The van der Waals surface area contributed by atoms with Crippen LogP contribution >= 0.6 is 0 Å². The lowest BCUT2D eigenvalue weighted by Gasteiger charge is -2.33. The third-order valence-electron chi connectivity index (χ3n) is 4.79. The quantitative estimate of drug-likeness (QED) is 0.503. The van der Waals surface area contributed by atoms with Gasteiger partial charge in [-0.3, -0.25) is 14.9 Å². The summed E-state index contributed by atoms with van der Waals surface area (Å²) in [4.78, 5) is 25.7. The van der Waals surface area contributed by atoms with Crippen molar-refractivity contribution in [3.8, 4) is 0 Å². The normalized spacial score (nSPS) is 15.1. The van der Waals surface area contributed by atoms with Gasteiger partial charge in [0.2, 0.25) is 0 Å². The highest BCUT2D eigenvalue weighted by molar-refractivity contribution is 5.95. The van der Waals surface area contributed by atoms with Crippen molar-refractivity contribution in [3.05, 3.63) is 69.5 Å². The summed E-state index contributed by atoms with van der Waals surface area (Å²) < 4.78 is 13.8.